The number of phenolic OH excluding ortho intramolecular Hbond substituents is 1. The van der Waals surface area contributed by atoms with Gasteiger partial charge >= 0.3 is 0 Å². The number of hydrogen-bond acceptors (Lipinski definition) is 4. The first-order chi connectivity index (χ1) is 9.60. The van der Waals surface area contributed by atoms with Crippen molar-refractivity contribution in [3.63, 3.8) is 0 Å². The molecule has 6 heteroatoms. The highest BCUT2D eigenvalue weighted by molar-refractivity contribution is 7.13. The monoisotopic (exact) mass is 308 g/mol. The molecule has 0 radical (unpaired) electrons. The van der Waals surface area contributed by atoms with Gasteiger partial charge in [-0.1, -0.05) is 18.5 Å². The zero-order chi connectivity index (χ0) is 14.5. The Morgan fingerprint density at radius 1 is 1.45 bits per heavy atom. The number of nitrogens with one attached hydrogen (secondary N) is 1. The number of hydrogen-bond donors (Lipinski definition) is 2. The van der Waals surface area contributed by atoms with E-state index >= 15 is 0 Å². The lowest BCUT2D eigenvalue weighted by molar-refractivity contribution is 0.0952. The lowest BCUT2D eigenvalue weighted by atomic mass is 10.2. The van der Waals surface area contributed by atoms with Crippen LogP contribution in [0.1, 0.15) is 27.0 Å². The van der Waals surface area contributed by atoms with Gasteiger partial charge < -0.3 is 5.11 Å². The standard InChI is InChI=1S/C14H13ClN2O2S/c1-2-10-4-5-11(20-10)8-16-17-14(19)12-7-9(15)3-6-13(12)18/h3-8,18H,2H2,1H3,(H,17,19)/b16-8+. The minimum atomic E-state index is -0.506. The molecule has 4 nitrogen and oxygen atoms in total. The van der Waals surface area contributed by atoms with E-state index < -0.39 is 5.91 Å². The second kappa shape index (κ2) is 6.54. The highest BCUT2D eigenvalue weighted by Crippen LogP contribution is 2.21. The summed E-state index contributed by atoms with van der Waals surface area (Å²) in [5, 5.41) is 13.8. The number of rotatable bonds is 4. The van der Waals surface area contributed by atoms with Crippen molar-refractivity contribution in [1.29, 1.82) is 0 Å². The van der Waals surface area contributed by atoms with Crippen molar-refractivity contribution in [3.05, 3.63) is 50.7 Å². The van der Waals surface area contributed by atoms with Crippen molar-refractivity contribution >= 4 is 35.1 Å². The number of carbonyl (C=O) groups excluding carboxylic acids is 1. The van der Waals surface area contributed by atoms with Crippen LogP contribution in [0.3, 0.4) is 0 Å². The molecule has 0 saturated carbocycles. The molecule has 0 aliphatic carbocycles. The van der Waals surface area contributed by atoms with Gasteiger partial charge in [-0.05, 0) is 36.8 Å². The molecule has 104 valence electrons. The van der Waals surface area contributed by atoms with Crippen molar-refractivity contribution in [3.8, 4) is 5.75 Å². The molecule has 1 aromatic heterocycles. The predicted octanol–water partition coefficient (Wildman–Crippen LogP) is 3.43. The summed E-state index contributed by atoms with van der Waals surface area (Å²) in [5.41, 5.74) is 2.45. The zero-order valence-corrected chi connectivity index (χ0v) is 12.3. The topological polar surface area (TPSA) is 61.7 Å². The molecule has 0 fully saturated rings. The van der Waals surface area contributed by atoms with Crippen LogP contribution >= 0.6 is 22.9 Å². The van der Waals surface area contributed by atoms with Crippen molar-refractivity contribution in [2.75, 3.05) is 0 Å². The highest BCUT2D eigenvalue weighted by Gasteiger charge is 2.10. The highest BCUT2D eigenvalue weighted by atomic mass is 35.5. The molecule has 1 amide bonds. The number of halogens is 1. The number of hydrazone groups is 1. The van der Waals surface area contributed by atoms with E-state index in [1.54, 1.807) is 17.6 Å². The largest absolute Gasteiger partial charge is 0.507 e. The lowest BCUT2D eigenvalue weighted by Crippen LogP contribution is -2.17. The maximum atomic E-state index is 11.8. The van der Waals surface area contributed by atoms with Crippen molar-refractivity contribution in [1.82, 2.24) is 5.43 Å². The van der Waals surface area contributed by atoms with E-state index in [4.69, 9.17) is 11.6 Å². The van der Waals surface area contributed by atoms with Crippen LogP contribution in [0, 0.1) is 0 Å². The molecule has 2 N–H and O–H groups in total. The third-order valence-electron chi connectivity index (χ3n) is 2.59. The smallest absolute Gasteiger partial charge is 0.275 e. The number of benzene rings is 1. The molecule has 0 aliphatic heterocycles. The molecule has 2 aromatic rings. The summed E-state index contributed by atoms with van der Waals surface area (Å²) in [5.74, 6) is -0.639. The Hall–Kier alpha value is -1.85. The molecule has 2 rings (SSSR count). The van der Waals surface area contributed by atoms with Crippen LogP contribution in [0.25, 0.3) is 0 Å². The summed E-state index contributed by atoms with van der Waals surface area (Å²) in [7, 11) is 0. The Labute approximate surface area is 125 Å². The Balaban J connectivity index is 2.03. The first-order valence-electron chi connectivity index (χ1n) is 6.00. The minimum absolute atomic E-state index is 0.0927. The quantitative estimate of drug-likeness (QED) is 0.671. The third kappa shape index (κ3) is 3.59. The first-order valence-corrected chi connectivity index (χ1v) is 7.20. The average Bonchev–Trinajstić information content (AvgIpc) is 2.89. The number of thiophene rings is 1. The van der Waals surface area contributed by atoms with Crippen molar-refractivity contribution < 1.29 is 9.90 Å². The second-order valence-electron chi connectivity index (χ2n) is 4.02. The van der Waals surface area contributed by atoms with E-state index in [0.717, 1.165) is 11.3 Å². The number of aromatic hydroxyl groups is 1. The molecule has 1 heterocycles. The molecule has 20 heavy (non-hydrogen) atoms. The minimum Gasteiger partial charge on any atom is -0.507 e. The van der Waals surface area contributed by atoms with Crippen LogP contribution in [0.5, 0.6) is 5.75 Å². The molecular weight excluding hydrogens is 296 g/mol. The van der Waals surface area contributed by atoms with Crippen LogP contribution in [0.4, 0.5) is 0 Å². The SMILES string of the molecule is CCc1ccc(/C=N/NC(=O)c2cc(Cl)ccc2O)s1. The maximum absolute atomic E-state index is 11.8. The lowest BCUT2D eigenvalue weighted by Gasteiger charge is -2.02. The Bertz CT molecular complexity index is 652. The van der Waals surface area contributed by atoms with Gasteiger partial charge in [-0.3, -0.25) is 4.79 Å². The van der Waals surface area contributed by atoms with Gasteiger partial charge in [0.25, 0.3) is 5.91 Å². The number of carbonyl (C=O) groups is 1. The molecule has 0 spiro atoms. The molecule has 0 saturated heterocycles. The third-order valence-corrected chi connectivity index (χ3v) is 3.99. The normalized spacial score (nSPS) is 10.9. The number of nitrogens with zero attached hydrogens (tertiary/aromatic N) is 1. The fourth-order valence-corrected chi connectivity index (χ4v) is 2.56. The van der Waals surface area contributed by atoms with E-state index in [1.165, 1.54) is 23.1 Å². The van der Waals surface area contributed by atoms with Crippen LogP contribution in [0.15, 0.2) is 35.4 Å². The van der Waals surface area contributed by atoms with E-state index in [2.05, 4.69) is 17.5 Å². The molecule has 0 bridgehead atoms. The average molecular weight is 309 g/mol. The van der Waals surface area contributed by atoms with Gasteiger partial charge in [-0.2, -0.15) is 5.10 Å². The van der Waals surface area contributed by atoms with Gasteiger partial charge in [0.05, 0.1) is 11.8 Å². The Kier molecular flexibility index (Phi) is 4.76. The van der Waals surface area contributed by atoms with Gasteiger partial charge in [-0.15, -0.1) is 11.3 Å². The Morgan fingerprint density at radius 3 is 2.95 bits per heavy atom. The predicted molar refractivity (Wildman–Crippen MR) is 81.9 cm³/mol. The van der Waals surface area contributed by atoms with E-state index in [1.807, 2.05) is 12.1 Å². The molecule has 1 aromatic carbocycles. The van der Waals surface area contributed by atoms with E-state index in [-0.39, 0.29) is 11.3 Å². The summed E-state index contributed by atoms with van der Waals surface area (Å²) in [6.45, 7) is 2.08. The Morgan fingerprint density at radius 2 is 2.25 bits per heavy atom. The zero-order valence-electron chi connectivity index (χ0n) is 10.8. The van der Waals surface area contributed by atoms with E-state index in [9.17, 15) is 9.90 Å². The summed E-state index contributed by atoms with van der Waals surface area (Å²) >= 11 is 7.40. The van der Waals surface area contributed by atoms with Crippen LogP contribution < -0.4 is 5.43 Å². The fraction of sp³-hybridized carbons (Fsp3) is 0.143. The maximum Gasteiger partial charge on any atom is 0.275 e. The van der Waals surface area contributed by atoms with Crippen LogP contribution in [-0.4, -0.2) is 17.2 Å². The van der Waals surface area contributed by atoms with Crippen LogP contribution in [0.2, 0.25) is 5.02 Å². The van der Waals surface area contributed by atoms with Crippen molar-refractivity contribution in [2.45, 2.75) is 13.3 Å². The number of phenols is 1. The van der Waals surface area contributed by atoms with Gasteiger partial charge in [0.15, 0.2) is 0 Å². The molecule has 0 unspecified atom stereocenters. The molecule has 0 atom stereocenters. The van der Waals surface area contributed by atoms with E-state index in [0.29, 0.717) is 5.02 Å². The number of amides is 1. The fourth-order valence-electron chi connectivity index (χ4n) is 1.56. The molecular formula is C14H13ClN2O2S. The van der Waals surface area contributed by atoms with Gasteiger partial charge in [0, 0.05) is 14.8 Å². The van der Waals surface area contributed by atoms with Gasteiger partial charge in [0.2, 0.25) is 0 Å². The first kappa shape index (κ1) is 14.6. The van der Waals surface area contributed by atoms with Gasteiger partial charge in [0.1, 0.15) is 5.75 Å². The van der Waals surface area contributed by atoms with Gasteiger partial charge in [-0.25, -0.2) is 5.43 Å². The summed E-state index contributed by atoms with van der Waals surface area (Å²) in [6, 6.07) is 8.23. The number of aryl methyl sites for hydroxylation is 1. The summed E-state index contributed by atoms with van der Waals surface area (Å²) in [6.07, 6.45) is 2.55. The second-order valence-corrected chi connectivity index (χ2v) is 5.65. The summed E-state index contributed by atoms with van der Waals surface area (Å²) < 4.78 is 0. The summed E-state index contributed by atoms with van der Waals surface area (Å²) in [4.78, 5) is 14.0. The van der Waals surface area contributed by atoms with Crippen molar-refractivity contribution in [2.24, 2.45) is 5.10 Å². The van der Waals surface area contributed by atoms with Crippen LogP contribution in [-0.2, 0) is 6.42 Å². The molecule has 0 aliphatic rings.